The standard InChI is InChI=1S/C29H38O5/c1-7-10-22-13-18-26(32-19-8-2)24(27(22)33-20-9-3)16-17-25(30)21-11-14-23(15-12-21)34-28(31)29(4,5)6/h11-18H,7-10,19-20H2,1-6H3/b17-16+. The van der Waals surface area contributed by atoms with Crippen LogP contribution in [-0.4, -0.2) is 25.0 Å². The zero-order valence-electron chi connectivity index (χ0n) is 21.4. The first-order chi connectivity index (χ1) is 16.2. The van der Waals surface area contributed by atoms with Gasteiger partial charge in [-0.05, 0) is 88.1 Å². The molecule has 0 atom stereocenters. The third-order valence-electron chi connectivity index (χ3n) is 5.03. The van der Waals surface area contributed by atoms with Crippen LogP contribution >= 0.6 is 0 Å². The Balaban J connectivity index is 2.31. The van der Waals surface area contributed by atoms with Crippen LogP contribution in [0.25, 0.3) is 6.08 Å². The topological polar surface area (TPSA) is 61.8 Å². The number of aryl methyl sites for hydroxylation is 1. The summed E-state index contributed by atoms with van der Waals surface area (Å²) in [5.41, 5.74) is 1.80. The van der Waals surface area contributed by atoms with E-state index >= 15 is 0 Å². The van der Waals surface area contributed by atoms with Gasteiger partial charge in [-0.2, -0.15) is 0 Å². The molecule has 5 heteroatoms. The minimum Gasteiger partial charge on any atom is -0.493 e. The molecule has 0 aliphatic heterocycles. The summed E-state index contributed by atoms with van der Waals surface area (Å²) in [6.45, 7) is 12.8. The molecule has 0 bridgehead atoms. The van der Waals surface area contributed by atoms with Crippen molar-refractivity contribution in [1.82, 2.24) is 0 Å². The second kappa shape index (κ2) is 13.0. The normalized spacial score (nSPS) is 11.5. The SMILES string of the molecule is CCCOc1ccc(CCC)c(OCCC)c1/C=C/C(=O)c1ccc(OC(=O)C(C)(C)C)cc1. The van der Waals surface area contributed by atoms with E-state index in [-0.39, 0.29) is 11.8 Å². The summed E-state index contributed by atoms with van der Waals surface area (Å²) < 4.78 is 17.5. The van der Waals surface area contributed by atoms with Crippen LogP contribution in [0.5, 0.6) is 17.2 Å². The zero-order chi connectivity index (χ0) is 25.1. The van der Waals surface area contributed by atoms with Gasteiger partial charge in [-0.15, -0.1) is 0 Å². The lowest BCUT2D eigenvalue weighted by Crippen LogP contribution is -2.25. The average molecular weight is 467 g/mol. The molecule has 0 aliphatic rings. The Morgan fingerprint density at radius 3 is 2.09 bits per heavy atom. The Morgan fingerprint density at radius 1 is 0.853 bits per heavy atom. The van der Waals surface area contributed by atoms with Crippen LogP contribution in [0.2, 0.25) is 0 Å². The number of carbonyl (C=O) groups is 2. The van der Waals surface area contributed by atoms with Gasteiger partial charge in [0.2, 0.25) is 0 Å². The molecule has 0 N–H and O–H groups in total. The second-order valence-electron chi connectivity index (χ2n) is 9.27. The predicted octanol–water partition coefficient (Wildman–Crippen LogP) is 7.06. The number of rotatable bonds is 12. The largest absolute Gasteiger partial charge is 0.493 e. The van der Waals surface area contributed by atoms with Crippen molar-refractivity contribution < 1.29 is 23.8 Å². The van der Waals surface area contributed by atoms with Gasteiger partial charge >= 0.3 is 5.97 Å². The van der Waals surface area contributed by atoms with Gasteiger partial charge in [0.1, 0.15) is 17.2 Å². The molecule has 0 aliphatic carbocycles. The van der Waals surface area contributed by atoms with Crippen molar-refractivity contribution in [2.45, 2.75) is 67.2 Å². The molecule has 0 unspecified atom stereocenters. The van der Waals surface area contributed by atoms with Crippen molar-refractivity contribution in [3.05, 3.63) is 59.2 Å². The van der Waals surface area contributed by atoms with Crippen molar-refractivity contribution in [1.29, 1.82) is 0 Å². The summed E-state index contributed by atoms with van der Waals surface area (Å²) in [5, 5.41) is 0. The molecule has 0 heterocycles. The van der Waals surface area contributed by atoms with Crippen molar-refractivity contribution in [2.75, 3.05) is 13.2 Å². The zero-order valence-corrected chi connectivity index (χ0v) is 21.4. The van der Waals surface area contributed by atoms with E-state index in [9.17, 15) is 9.59 Å². The van der Waals surface area contributed by atoms with Crippen LogP contribution in [0.15, 0.2) is 42.5 Å². The number of ketones is 1. The van der Waals surface area contributed by atoms with E-state index in [0.717, 1.165) is 42.6 Å². The summed E-state index contributed by atoms with van der Waals surface area (Å²) in [6, 6.07) is 10.6. The van der Waals surface area contributed by atoms with Crippen LogP contribution in [-0.2, 0) is 11.2 Å². The molecule has 0 aromatic heterocycles. The molecular formula is C29H38O5. The van der Waals surface area contributed by atoms with Gasteiger partial charge in [-0.1, -0.05) is 33.3 Å². The molecular weight excluding hydrogens is 428 g/mol. The fourth-order valence-corrected chi connectivity index (χ4v) is 3.17. The van der Waals surface area contributed by atoms with E-state index in [1.54, 1.807) is 57.2 Å². The minimum absolute atomic E-state index is 0.155. The fourth-order valence-electron chi connectivity index (χ4n) is 3.17. The van der Waals surface area contributed by atoms with Crippen LogP contribution in [0.3, 0.4) is 0 Å². The summed E-state index contributed by atoms with van der Waals surface area (Å²) in [4.78, 5) is 25.0. The Labute approximate surface area is 204 Å². The molecule has 2 aromatic carbocycles. The summed E-state index contributed by atoms with van der Waals surface area (Å²) >= 11 is 0. The lowest BCUT2D eigenvalue weighted by molar-refractivity contribution is -0.143. The Morgan fingerprint density at radius 2 is 1.50 bits per heavy atom. The molecule has 0 saturated heterocycles. The van der Waals surface area contributed by atoms with Crippen molar-refractivity contribution in [2.24, 2.45) is 5.41 Å². The Kier molecular flexibility index (Phi) is 10.4. The number of hydrogen-bond donors (Lipinski definition) is 0. The predicted molar refractivity (Wildman–Crippen MR) is 137 cm³/mol. The first kappa shape index (κ1) is 27.2. The second-order valence-corrected chi connectivity index (χ2v) is 9.27. The van der Waals surface area contributed by atoms with E-state index in [1.165, 1.54) is 0 Å². The Bertz CT molecular complexity index is 981. The summed E-state index contributed by atoms with van der Waals surface area (Å²) in [7, 11) is 0. The van der Waals surface area contributed by atoms with E-state index in [2.05, 4.69) is 26.8 Å². The maximum Gasteiger partial charge on any atom is 0.316 e. The van der Waals surface area contributed by atoms with E-state index in [1.807, 2.05) is 6.07 Å². The van der Waals surface area contributed by atoms with Crippen molar-refractivity contribution in [3.63, 3.8) is 0 Å². The van der Waals surface area contributed by atoms with E-state index < -0.39 is 5.41 Å². The van der Waals surface area contributed by atoms with Gasteiger partial charge in [0.05, 0.1) is 24.2 Å². The monoisotopic (exact) mass is 466 g/mol. The third-order valence-corrected chi connectivity index (χ3v) is 5.03. The van der Waals surface area contributed by atoms with Crippen molar-refractivity contribution in [3.8, 4) is 17.2 Å². The molecule has 0 spiro atoms. The molecule has 2 aromatic rings. The third kappa shape index (κ3) is 7.75. The van der Waals surface area contributed by atoms with Gasteiger partial charge in [-0.25, -0.2) is 0 Å². The molecule has 5 nitrogen and oxygen atoms in total. The molecule has 0 saturated carbocycles. The van der Waals surface area contributed by atoms with Crippen LogP contribution in [0.1, 0.15) is 82.3 Å². The molecule has 184 valence electrons. The van der Waals surface area contributed by atoms with Gasteiger partial charge in [-0.3, -0.25) is 9.59 Å². The number of benzene rings is 2. The molecule has 0 amide bonds. The quantitative estimate of drug-likeness (QED) is 0.145. The highest BCUT2D eigenvalue weighted by atomic mass is 16.5. The lowest BCUT2D eigenvalue weighted by Gasteiger charge is -2.17. The van der Waals surface area contributed by atoms with E-state index in [0.29, 0.717) is 30.3 Å². The highest BCUT2D eigenvalue weighted by Crippen LogP contribution is 2.35. The smallest absolute Gasteiger partial charge is 0.316 e. The summed E-state index contributed by atoms with van der Waals surface area (Å²) in [5.74, 6) is 1.43. The molecule has 34 heavy (non-hydrogen) atoms. The van der Waals surface area contributed by atoms with Crippen LogP contribution in [0.4, 0.5) is 0 Å². The number of carbonyl (C=O) groups excluding carboxylic acids is 2. The van der Waals surface area contributed by atoms with Gasteiger partial charge < -0.3 is 14.2 Å². The van der Waals surface area contributed by atoms with Gasteiger partial charge in [0.15, 0.2) is 5.78 Å². The van der Waals surface area contributed by atoms with E-state index in [4.69, 9.17) is 14.2 Å². The minimum atomic E-state index is -0.599. The number of allylic oxidation sites excluding steroid dienone is 1. The first-order valence-electron chi connectivity index (χ1n) is 12.2. The number of hydrogen-bond acceptors (Lipinski definition) is 5. The van der Waals surface area contributed by atoms with Crippen molar-refractivity contribution >= 4 is 17.8 Å². The van der Waals surface area contributed by atoms with Crippen LogP contribution in [0, 0.1) is 5.41 Å². The average Bonchev–Trinajstić information content (AvgIpc) is 2.81. The maximum absolute atomic E-state index is 12.9. The van der Waals surface area contributed by atoms with Gasteiger partial charge in [0.25, 0.3) is 0 Å². The lowest BCUT2D eigenvalue weighted by atomic mass is 9.97. The summed E-state index contributed by atoms with van der Waals surface area (Å²) in [6.07, 6.45) is 6.97. The molecule has 0 radical (unpaired) electrons. The number of ether oxygens (including phenoxy) is 3. The maximum atomic E-state index is 12.9. The van der Waals surface area contributed by atoms with Crippen LogP contribution < -0.4 is 14.2 Å². The first-order valence-corrected chi connectivity index (χ1v) is 12.2. The highest BCUT2D eigenvalue weighted by Gasteiger charge is 2.23. The fraction of sp³-hybridized carbons (Fsp3) is 0.448. The molecule has 2 rings (SSSR count). The Hall–Kier alpha value is -3.08. The highest BCUT2D eigenvalue weighted by molar-refractivity contribution is 6.07. The number of esters is 1. The van der Waals surface area contributed by atoms with Gasteiger partial charge in [0, 0.05) is 5.56 Å². The molecule has 0 fully saturated rings.